The number of anilines is 1. The molecular formula is C16H26N2. The molecule has 100 valence electrons. The molecule has 2 heteroatoms. The summed E-state index contributed by atoms with van der Waals surface area (Å²) in [4.78, 5) is 2.62. The molecule has 0 saturated heterocycles. The minimum Gasteiger partial charge on any atom is -0.367 e. The van der Waals surface area contributed by atoms with Gasteiger partial charge in [0.1, 0.15) is 0 Å². The molecule has 0 radical (unpaired) electrons. The van der Waals surface area contributed by atoms with Gasteiger partial charge in [-0.15, -0.1) is 0 Å². The lowest BCUT2D eigenvalue weighted by atomic mass is 9.90. The Bertz CT molecular complexity index is 386. The fraction of sp³-hybridized carbons (Fsp3) is 0.625. The van der Waals surface area contributed by atoms with Crippen LogP contribution in [0.1, 0.15) is 26.3 Å². The highest BCUT2D eigenvalue weighted by molar-refractivity contribution is 5.56. The Morgan fingerprint density at radius 2 is 2.06 bits per heavy atom. The molecule has 1 heterocycles. The third kappa shape index (κ3) is 2.69. The maximum atomic E-state index is 3.35. The van der Waals surface area contributed by atoms with Crippen molar-refractivity contribution in [3.8, 4) is 0 Å². The van der Waals surface area contributed by atoms with Gasteiger partial charge in [0.05, 0.1) is 0 Å². The second kappa shape index (κ2) is 5.75. The van der Waals surface area contributed by atoms with Crippen molar-refractivity contribution in [2.45, 2.75) is 33.2 Å². The zero-order valence-corrected chi connectivity index (χ0v) is 12.1. The molecule has 1 N–H and O–H groups in total. The topological polar surface area (TPSA) is 15.3 Å². The van der Waals surface area contributed by atoms with Crippen molar-refractivity contribution in [2.24, 2.45) is 11.8 Å². The first kappa shape index (κ1) is 13.4. The number of benzene rings is 1. The van der Waals surface area contributed by atoms with Crippen LogP contribution in [0.15, 0.2) is 24.3 Å². The molecule has 0 aromatic heterocycles. The van der Waals surface area contributed by atoms with E-state index in [9.17, 15) is 0 Å². The van der Waals surface area contributed by atoms with Gasteiger partial charge in [-0.25, -0.2) is 0 Å². The van der Waals surface area contributed by atoms with Crippen molar-refractivity contribution in [2.75, 3.05) is 25.0 Å². The smallest absolute Gasteiger partial charge is 0.0437 e. The summed E-state index contributed by atoms with van der Waals surface area (Å²) in [5.41, 5.74) is 2.96. The van der Waals surface area contributed by atoms with Crippen LogP contribution in [0.25, 0.3) is 0 Å². The number of rotatable bonds is 4. The van der Waals surface area contributed by atoms with Gasteiger partial charge >= 0.3 is 0 Å². The lowest BCUT2D eigenvalue weighted by Crippen LogP contribution is -2.49. The zero-order chi connectivity index (χ0) is 13.1. The molecule has 2 nitrogen and oxygen atoms in total. The van der Waals surface area contributed by atoms with Crippen molar-refractivity contribution in [1.29, 1.82) is 0 Å². The van der Waals surface area contributed by atoms with Crippen molar-refractivity contribution in [3.63, 3.8) is 0 Å². The second-order valence-electron chi connectivity index (χ2n) is 5.96. The quantitative estimate of drug-likeness (QED) is 0.879. The highest BCUT2D eigenvalue weighted by atomic mass is 15.2. The Hall–Kier alpha value is -1.02. The summed E-state index contributed by atoms with van der Waals surface area (Å²) in [5.74, 6) is 1.41. The molecule has 0 amide bonds. The fourth-order valence-electron chi connectivity index (χ4n) is 3.07. The Kier molecular flexibility index (Phi) is 4.28. The van der Waals surface area contributed by atoms with Crippen LogP contribution in [-0.2, 0) is 6.42 Å². The van der Waals surface area contributed by atoms with Crippen LogP contribution in [0.2, 0.25) is 0 Å². The first-order valence-electron chi connectivity index (χ1n) is 7.12. The third-order valence-corrected chi connectivity index (χ3v) is 3.96. The largest absolute Gasteiger partial charge is 0.367 e. The van der Waals surface area contributed by atoms with Crippen LogP contribution in [-0.4, -0.2) is 26.2 Å². The van der Waals surface area contributed by atoms with Crippen LogP contribution in [0.5, 0.6) is 0 Å². The average Bonchev–Trinajstić information content (AvgIpc) is 2.34. The summed E-state index contributed by atoms with van der Waals surface area (Å²) in [5, 5.41) is 3.35. The van der Waals surface area contributed by atoms with Gasteiger partial charge in [-0.1, -0.05) is 39.0 Å². The normalized spacial score (nSPS) is 20.9. The third-order valence-electron chi connectivity index (χ3n) is 3.96. The van der Waals surface area contributed by atoms with Crippen molar-refractivity contribution >= 4 is 5.69 Å². The van der Waals surface area contributed by atoms with Gasteiger partial charge in [0.2, 0.25) is 0 Å². The minimum atomic E-state index is 0.582. The minimum absolute atomic E-state index is 0.582. The summed E-state index contributed by atoms with van der Waals surface area (Å²) in [7, 11) is 2.05. The van der Waals surface area contributed by atoms with Gasteiger partial charge < -0.3 is 10.2 Å². The van der Waals surface area contributed by atoms with Gasteiger partial charge in [-0.3, -0.25) is 0 Å². The first-order valence-corrected chi connectivity index (χ1v) is 7.12. The first-order chi connectivity index (χ1) is 8.63. The zero-order valence-electron chi connectivity index (χ0n) is 12.1. The second-order valence-corrected chi connectivity index (χ2v) is 5.96. The van der Waals surface area contributed by atoms with E-state index in [4.69, 9.17) is 0 Å². The molecule has 0 fully saturated rings. The highest BCUT2D eigenvalue weighted by Crippen LogP contribution is 2.32. The number of nitrogens with one attached hydrogen (secondary N) is 1. The molecule has 0 aliphatic carbocycles. The number of fused-ring (bicyclic) bond motifs is 1. The molecule has 0 spiro atoms. The van der Waals surface area contributed by atoms with Crippen LogP contribution < -0.4 is 10.2 Å². The van der Waals surface area contributed by atoms with E-state index >= 15 is 0 Å². The summed E-state index contributed by atoms with van der Waals surface area (Å²) in [6.45, 7) is 9.24. The maximum Gasteiger partial charge on any atom is 0.0437 e. The Morgan fingerprint density at radius 1 is 1.33 bits per heavy atom. The number of para-hydroxylation sites is 1. The Balaban J connectivity index is 2.31. The van der Waals surface area contributed by atoms with Crippen molar-refractivity contribution in [3.05, 3.63) is 29.8 Å². The van der Waals surface area contributed by atoms with Gasteiger partial charge in [0.25, 0.3) is 0 Å². The van der Waals surface area contributed by atoms with E-state index in [0.717, 1.165) is 12.5 Å². The van der Waals surface area contributed by atoms with Crippen LogP contribution in [0, 0.1) is 11.8 Å². The molecule has 2 atom stereocenters. The predicted molar refractivity (Wildman–Crippen MR) is 79.2 cm³/mol. The lowest BCUT2D eigenvalue weighted by molar-refractivity contribution is 0.400. The van der Waals surface area contributed by atoms with Gasteiger partial charge in [-0.2, -0.15) is 0 Å². The standard InChI is InChI=1S/C16H26N2/c1-12(2)16(10-17-4)18-11-13(3)9-14-7-5-6-8-15(14)18/h5-8,12-13,16-17H,9-11H2,1-4H3. The Labute approximate surface area is 111 Å². The molecule has 1 aliphatic heterocycles. The highest BCUT2D eigenvalue weighted by Gasteiger charge is 2.28. The van der Waals surface area contributed by atoms with Crippen LogP contribution in [0.3, 0.4) is 0 Å². The molecule has 1 aromatic rings. The fourth-order valence-corrected chi connectivity index (χ4v) is 3.07. The van der Waals surface area contributed by atoms with Crippen molar-refractivity contribution in [1.82, 2.24) is 5.32 Å². The van der Waals surface area contributed by atoms with E-state index in [0.29, 0.717) is 12.0 Å². The summed E-state index contributed by atoms with van der Waals surface area (Å²) < 4.78 is 0. The number of hydrogen-bond acceptors (Lipinski definition) is 2. The lowest BCUT2D eigenvalue weighted by Gasteiger charge is -2.42. The van der Waals surface area contributed by atoms with Gasteiger partial charge in [0, 0.05) is 24.8 Å². The molecule has 18 heavy (non-hydrogen) atoms. The summed E-state index contributed by atoms with van der Waals surface area (Å²) in [6, 6.07) is 9.48. The predicted octanol–water partition coefficient (Wildman–Crippen LogP) is 2.93. The van der Waals surface area contributed by atoms with E-state index in [1.54, 1.807) is 0 Å². The van der Waals surface area contributed by atoms with E-state index in [1.807, 2.05) is 0 Å². The number of hydrogen-bond donors (Lipinski definition) is 1. The molecule has 1 aromatic carbocycles. The van der Waals surface area contributed by atoms with Crippen molar-refractivity contribution < 1.29 is 0 Å². The number of nitrogens with zero attached hydrogens (tertiary/aromatic N) is 1. The van der Waals surface area contributed by atoms with E-state index in [1.165, 1.54) is 24.2 Å². The molecule has 0 bridgehead atoms. The molecule has 0 saturated carbocycles. The van der Waals surface area contributed by atoms with Gasteiger partial charge in [-0.05, 0) is 36.9 Å². The molecular weight excluding hydrogens is 220 g/mol. The average molecular weight is 246 g/mol. The van der Waals surface area contributed by atoms with E-state index in [-0.39, 0.29) is 0 Å². The molecule has 2 unspecified atom stereocenters. The monoisotopic (exact) mass is 246 g/mol. The van der Waals surface area contributed by atoms with E-state index in [2.05, 4.69) is 62.3 Å². The molecule has 2 rings (SSSR count). The maximum absolute atomic E-state index is 3.35. The SMILES string of the molecule is CNCC(C(C)C)N1CC(C)Cc2ccccc21. The van der Waals surface area contributed by atoms with Crippen LogP contribution in [0.4, 0.5) is 5.69 Å². The summed E-state index contributed by atoms with van der Waals surface area (Å²) >= 11 is 0. The van der Waals surface area contributed by atoms with Crippen LogP contribution >= 0.6 is 0 Å². The van der Waals surface area contributed by atoms with Gasteiger partial charge in [0.15, 0.2) is 0 Å². The Morgan fingerprint density at radius 3 is 2.72 bits per heavy atom. The summed E-state index contributed by atoms with van der Waals surface area (Å²) in [6.07, 6.45) is 1.22. The van der Waals surface area contributed by atoms with E-state index < -0.39 is 0 Å². The molecule has 1 aliphatic rings. The number of likely N-dealkylation sites (N-methyl/N-ethyl adjacent to an activating group) is 1.